The second-order valence-electron chi connectivity index (χ2n) is 14.7. The first kappa shape index (κ1) is 38.4. The van der Waals surface area contributed by atoms with Gasteiger partial charge < -0.3 is 28.4 Å². The van der Waals surface area contributed by atoms with Gasteiger partial charge in [0.05, 0.1) is 43.1 Å². The number of rotatable bonds is 7. The predicted molar refractivity (Wildman–Crippen MR) is 210 cm³/mol. The molecule has 0 atom stereocenters. The fraction of sp³-hybridized carbons (Fsp3) is 0.208. The van der Waals surface area contributed by atoms with Crippen LogP contribution in [0.25, 0.3) is 22.3 Å². The number of halogens is 3. The molecule has 11 heteroatoms. The van der Waals surface area contributed by atoms with Crippen molar-refractivity contribution in [3.8, 4) is 22.3 Å². The molecule has 0 aromatic heterocycles. The summed E-state index contributed by atoms with van der Waals surface area (Å²) in [7, 11) is 0. The van der Waals surface area contributed by atoms with E-state index in [2.05, 4.69) is 0 Å². The van der Waals surface area contributed by atoms with Gasteiger partial charge in [0.1, 0.15) is 12.2 Å². The van der Waals surface area contributed by atoms with E-state index >= 15 is 0 Å². The Morgan fingerprint density at radius 3 is 1.34 bits per heavy atom. The molecule has 2 heterocycles. The van der Waals surface area contributed by atoms with Crippen molar-refractivity contribution >= 4 is 11.9 Å². The van der Waals surface area contributed by atoms with Crippen molar-refractivity contribution in [2.45, 2.75) is 36.9 Å². The summed E-state index contributed by atoms with van der Waals surface area (Å²) >= 11 is 0. The van der Waals surface area contributed by atoms with E-state index in [1.165, 1.54) is 12.1 Å². The van der Waals surface area contributed by atoms with Gasteiger partial charge in [-0.25, -0.2) is 9.59 Å². The van der Waals surface area contributed by atoms with Crippen LogP contribution < -0.4 is 0 Å². The molecule has 0 radical (unpaired) electrons. The maximum atomic E-state index is 13.3. The zero-order valence-electron chi connectivity index (χ0n) is 31.7. The summed E-state index contributed by atoms with van der Waals surface area (Å²) in [5.74, 6) is -3.63. The number of aryl methyl sites for hydroxylation is 1. The molecule has 59 heavy (non-hydrogen) atoms. The molecule has 298 valence electrons. The Morgan fingerprint density at radius 1 is 0.525 bits per heavy atom. The monoisotopic (exact) mass is 798 g/mol. The number of benzene rings is 6. The lowest BCUT2D eigenvalue weighted by Gasteiger charge is -2.40. The molecule has 2 fully saturated rings. The highest BCUT2D eigenvalue weighted by Crippen LogP contribution is 2.51. The van der Waals surface area contributed by atoms with Crippen LogP contribution in [0.1, 0.15) is 54.1 Å². The zero-order valence-corrected chi connectivity index (χ0v) is 31.7. The van der Waals surface area contributed by atoms with Crippen molar-refractivity contribution in [3.05, 3.63) is 190 Å². The Bertz CT molecular complexity index is 2430. The Balaban J connectivity index is 0.802. The van der Waals surface area contributed by atoms with Gasteiger partial charge in [0.25, 0.3) is 0 Å². The first-order chi connectivity index (χ1) is 28.5. The number of esters is 2. The summed E-state index contributed by atoms with van der Waals surface area (Å²) in [6.07, 6.45) is -5.86. The molecule has 0 bridgehead atoms. The molecular formula is C48H37F3O8. The van der Waals surface area contributed by atoms with Gasteiger partial charge in [-0.1, -0.05) is 115 Å². The smallest absolute Gasteiger partial charge is 0.416 e. The lowest BCUT2D eigenvalue weighted by molar-refractivity contribution is -0.277. The molecule has 8 nitrogen and oxygen atoms in total. The molecule has 2 aliphatic heterocycles. The number of ether oxygens (including phenoxy) is 6. The summed E-state index contributed by atoms with van der Waals surface area (Å²) in [6, 6.07) is 41.7. The van der Waals surface area contributed by atoms with Crippen LogP contribution in [0.3, 0.4) is 0 Å². The lowest BCUT2D eigenvalue weighted by Crippen LogP contribution is -2.46. The van der Waals surface area contributed by atoms with Crippen LogP contribution in [-0.4, -0.2) is 50.6 Å². The fourth-order valence-corrected chi connectivity index (χ4v) is 7.81. The quantitative estimate of drug-likeness (QED) is 0.148. The van der Waals surface area contributed by atoms with Crippen LogP contribution >= 0.6 is 0 Å². The van der Waals surface area contributed by atoms with Crippen molar-refractivity contribution in [3.63, 3.8) is 0 Å². The second kappa shape index (κ2) is 15.2. The van der Waals surface area contributed by atoms with E-state index in [1.807, 2.05) is 67.6 Å². The van der Waals surface area contributed by atoms with Gasteiger partial charge in [0, 0.05) is 22.3 Å². The molecule has 0 amide bonds. The highest BCUT2D eigenvalue weighted by Gasteiger charge is 2.49. The van der Waals surface area contributed by atoms with Crippen molar-refractivity contribution in [1.29, 1.82) is 0 Å². The molecule has 0 N–H and O–H groups in total. The molecule has 3 aliphatic rings. The largest absolute Gasteiger partial charge is 0.454 e. The molecule has 1 aliphatic carbocycles. The van der Waals surface area contributed by atoms with Gasteiger partial charge in [-0.3, -0.25) is 0 Å². The third-order valence-electron chi connectivity index (χ3n) is 10.9. The Labute approximate surface area is 338 Å². The minimum Gasteiger partial charge on any atom is -0.454 e. The number of hydrogen-bond acceptors (Lipinski definition) is 8. The van der Waals surface area contributed by atoms with Crippen LogP contribution in [0, 0.1) is 6.92 Å². The molecule has 9 rings (SSSR count). The summed E-state index contributed by atoms with van der Waals surface area (Å²) < 4.78 is 76.6. The normalized spacial score (nSPS) is 19.8. The zero-order chi connectivity index (χ0) is 40.8. The summed E-state index contributed by atoms with van der Waals surface area (Å²) in [6.45, 7) is 2.13. The highest BCUT2D eigenvalue weighted by molar-refractivity contribution is 5.91. The maximum absolute atomic E-state index is 13.3. The minimum atomic E-state index is -4.49. The third-order valence-corrected chi connectivity index (χ3v) is 10.9. The van der Waals surface area contributed by atoms with Crippen molar-refractivity contribution in [2.24, 2.45) is 0 Å². The summed E-state index contributed by atoms with van der Waals surface area (Å²) in [5, 5.41) is 0. The molecule has 6 aromatic carbocycles. The summed E-state index contributed by atoms with van der Waals surface area (Å²) in [5.41, 5.74) is 7.44. The van der Waals surface area contributed by atoms with Crippen LogP contribution in [0.2, 0.25) is 0 Å². The third kappa shape index (κ3) is 7.20. The van der Waals surface area contributed by atoms with Crippen LogP contribution in [0.5, 0.6) is 0 Å². The van der Waals surface area contributed by atoms with Crippen LogP contribution in [0.4, 0.5) is 13.2 Å². The van der Waals surface area contributed by atoms with Crippen molar-refractivity contribution in [2.75, 3.05) is 26.4 Å². The van der Waals surface area contributed by atoms with Crippen LogP contribution in [0.15, 0.2) is 146 Å². The van der Waals surface area contributed by atoms with Gasteiger partial charge >= 0.3 is 18.1 Å². The van der Waals surface area contributed by atoms with E-state index in [4.69, 9.17) is 28.4 Å². The topological polar surface area (TPSA) is 89.5 Å². The van der Waals surface area contributed by atoms with E-state index in [9.17, 15) is 22.8 Å². The van der Waals surface area contributed by atoms with Gasteiger partial charge in [-0.2, -0.15) is 13.2 Å². The number of hydrogen-bond donors (Lipinski definition) is 0. The Hall–Kier alpha value is -6.11. The first-order valence-electron chi connectivity index (χ1n) is 19.1. The average Bonchev–Trinajstić information content (AvgIpc) is 3.53. The number of carbonyl (C=O) groups is 2. The van der Waals surface area contributed by atoms with Crippen LogP contribution in [-0.2, 0) is 46.2 Å². The molecule has 1 spiro atoms. The predicted octanol–water partition coefficient (Wildman–Crippen LogP) is 9.61. The van der Waals surface area contributed by atoms with E-state index in [0.29, 0.717) is 22.3 Å². The molecule has 2 saturated heterocycles. The SMILES string of the molecule is Cc1ccc(C2(c3ccc(C(F)(F)F)cc3)OCC(OC(=O)c3ccc(-c4ccc(C(=O)OC5COC6(OC5)c5ccccc5-c5ccccc56)cc4)cc3)CO2)cc1. The van der Waals surface area contributed by atoms with E-state index in [1.54, 1.807) is 60.7 Å². The number of fused-ring (bicyclic) bond motifs is 5. The summed E-state index contributed by atoms with van der Waals surface area (Å²) in [4.78, 5) is 26.3. The standard InChI is InChI=1S/C48H37F3O8/c1-30-10-20-35(21-11-30)46(36-22-24-37(25-23-36)48(49,50)51)54-26-38(27-55-46)58-44(52)33-16-12-31(13-17-33)32-14-18-34(19-15-32)45(53)59-39-28-56-47(57-29-39)42-8-4-2-6-40(42)41-7-3-5-9-43(41)47/h2-25,38-39H,26-29H2,1H3. The van der Waals surface area contributed by atoms with E-state index in [0.717, 1.165) is 51.1 Å². The molecule has 0 unspecified atom stereocenters. The highest BCUT2D eigenvalue weighted by atomic mass is 19.4. The first-order valence-corrected chi connectivity index (χ1v) is 19.1. The van der Waals surface area contributed by atoms with Crippen molar-refractivity contribution in [1.82, 2.24) is 0 Å². The van der Waals surface area contributed by atoms with Gasteiger partial charge in [-0.05, 0) is 65.6 Å². The average molecular weight is 799 g/mol. The molecule has 6 aromatic rings. The Kier molecular flexibility index (Phi) is 9.92. The van der Waals surface area contributed by atoms with E-state index < -0.39 is 47.5 Å². The number of alkyl halides is 3. The second-order valence-corrected chi connectivity index (χ2v) is 14.7. The molecular weight excluding hydrogens is 762 g/mol. The maximum Gasteiger partial charge on any atom is 0.416 e. The van der Waals surface area contributed by atoms with Gasteiger partial charge in [0.15, 0.2) is 0 Å². The minimum absolute atomic E-state index is 0.0574. The van der Waals surface area contributed by atoms with Gasteiger partial charge in [0.2, 0.25) is 11.6 Å². The van der Waals surface area contributed by atoms with Gasteiger partial charge in [-0.15, -0.1) is 0 Å². The molecule has 0 saturated carbocycles. The fourth-order valence-electron chi connectivity index (χ4n) is 7.81. The Morgan fingerprint density at radius 2 is 0.915 bits per heavy atom. The lowest BCUT2D eigenvalue weighted by atomic mass is 9.94. The van der Waals surface area contributed by atoms with Crippen molar-refractivity contribution < 1.29 is 51.2 Å². The number of carbonyl (C=O) groups excluding carboxylic acids is 2. The van der Waals surface area contributed by atoms with E-state index in [-0.39, 0.29) is 26.4 Å².